The van der Waals surface area contributed by atoms with Crippen molar-refractivity contribution in [3.8, 4) is 0 Å². The van der Waals surface area contributed by atoms with Crippen LogP contribution in [0.3, 0.4) is 0 Å². The second-order valence-corrected chi connectivity index (χ2v) is 7.37. The molecule has 1 saturated heterocycles. The van der Waals surface area contributed by atoms with Crippen molar-refractivity contribution in [1.82, 2.24) is 10.6 Å². The molecule has 2 aliphatic carbocycles. The topological polar surface area (TPSA) is 61.4 Å². The minimum absolute atomic E-state index is 0.0264. The van der Waals surface area contributed by atoms with Gasteiger partial charge in [-0.05, 0) is 63.2 Å². The van der Waals surface area contributed by atoms with Crippen molar-refractivity contribution in [2.24, 2.45) is 11.8 Å². The first kappa shape index (κ1) is 15.3. The van der Waals surface area contributed by atoms with Crippen LogP contribution >= 0.6 is 0 Å². The zero-order valence-corrected chi connectivity index (χ0v) is 13.0. The van der Waals surface area contributed by atoms with Gasteiger partial charge in [0.2, 0.25) is 5.91 Å². The standard InChI is InChI=1S/C17H30N2O2/c20-14-8-5-12(6-9-14)11-18-17(21)16-10-7-13-3-1-2-4-15(13)19-16/h12-16,19-20H,1-11H2,(H,18,21). The molecule has 0 spiro atoms. The number of hydrogen-bond donors (Lipinski definition) is 3. The van der Waals surface area contributed by atoms with E-state index in [1.807, 2.05) is 0 Å². The van der Waals surface area contributed by atoms with Crippen LogP contribution < -0.4 is 10.6 Å². The quantitative estimate of drug-likeness (QED) is 0.746. The Bertz CT molecular complexity index is 353. The summed E-state index contributed by atoms with van der Waals surface area (Å²) in [4.78, 5) is 12.4. The molecule has 3 atom stereocenters. The first-order chi connectivity index (χ1) is 10.2. The number of carbonyl (C=O) groups is 1. The van der Waals surface area contributed by atoms with E-state index in [0.29, 0.717) is 12.0 Å². The van der Waals surface area contributed by atoms with E-state index in [4.69, 9.17) is 0 Å². The largest absolute Gasteiger partial charge is 0.393 e. The molecule has 0 bridgehead atoms. The molecule has 4 heteroatoms. The molecule has 1 heterocycles. The van der Waals surface area contributed by atoms with Crippen molar-refractivity contribution >= 4 is 5.91 Å². The number of carbonyl (C=O) groups excluding carboxylic acids is 1. The van der Waals surface area contributed by atoms with Crippen LogP contribution in [0.5, 0.6) is 0 Å². The van der Waals surface area contributed by atoms with E-state index >= 15 is 0 Å². The predicted molar refractivity (Wildman–Crippen MR) is 82.9 cm³/mol. The molecule has 3 aliphatic rings. The molecular weight excluding hydrogens is 264 g/mol. The Morgan fingerprint density at radius 3 is 2.57 bits per heavy atom. The molecule has 120 valence electrons. The van der Waals surface area contributed by atoms with Crippen LogP contribution in [0.2, 0.25) is 0 Å². The molecule has 0 aromatic carbocycles. The number of fused-ring (bicyclic) bond motifs is 1. The number of amides is 1. The second-order valence-electron chi connectivity index (χ2n) is 7.37. The van der Waals surface area contributed by atoms with Crippen LogP contribution in [0.15, 0.2) is 0 Å². The summed E-state index contributed by atoms with van der Waals surface area (Å²) in [5.74, 6) is 1.57. The third-order valence-corrected chi connectivity index (χ3v) is 5.85. The molecule has 0 aromatic heterocycles. The molecule has 3 rings (SSSR count). The van der Waals surface area contributed by atoms with E-state index in [0.717, 1.165) is 44.6 Å². The van der Waals surface area contributed by atoms with Crippen LogP contribution in [0, 0.1) is 11.8 Å². The van der Waals surface area contributed by atoms with Gasteiger partial charge in [0.05, 0.1) is 12.1 Å². The highest BCUT2D eigenvalue weighted by atomic mass is 16.3. The maximum atomic E-state index is 12.4. The Kier molecular flexibility index (Phi) is 5.17. The fraction of sp³-hybridized carbons (Fsp3) is 0.941. The highest BCUT2D eigenvalue weighted by molar-refractivity contribution is 5.81. The molecule has 1 amide bonds. The SMILES string of the molecule is O=C(NCC1CCC(O)CC1)C1CCC2CCCCC2N1. The van der Waals surface area contributed by atoms with E-state index < -0.39 is 0 Å². The van der Waals surface area contributed by atoms with Gasteiger partial charge in [-0.25, -0.2) is 0 Å². The van der Waals surface area contributed by atoms with E-state index in [1.165, 1.54) is 32.1 Å². The Morgan fingerprint density at radius 1 is 1.00 bits per heavy atom. The lowest BCUT2D eigenvalue weighted by molar-refractivity contribution is -0.124. The molecule has 0 aromatic rings. The Balaban J connectivity index is 1.41. The van der Waals surface area contributed by atoms with Gasteiger partial charge in [0, 0.05) is 12.6 Å². The minimum Gasteiger partial charge on any atom is -0.393 e. The Morgan fingerprint density at radius 2 is 1.76 bits per heavy atom. The van der Waals surface area contributed by atoms with Crippen molar-refractivity contribution < 1.29 is 9.90 Å². The first-order valence-corrected chi connectivity index (χ1v) is 8.94. The summed E-state index contributed by atoms with van der Waals surface area (Å²) in [6, 6.07) is 0.603. The van der Waals surface area contributed by atoms with Crippen molar-refractivity contribution in [2.45, 2.75) is 82.4 Å². The lowest BCUT2D eigenvalue weighted by atomic mass is 9.77. The normalized spacial score (nSPS) is 40.3. The zero-order valence-electron chi connectivity index (χ0n) is 13.0. The number of hydrogen-bond acceptors (Lipinski definition) is 3. The van der Waals surface area contributed by atoms with E-state index in [1.54, 1.807) is 0 Å². The van der Waals surface area contributed by atoms with Crippen molar-refractivity contribution in [2.75, 3.05) is 6.54 Å². The molecule has 1 aliphatic heterocycles. The van der Waals surface area contributed by atoms with E-state index in [-0.39, 0.29) is 18.1 Å². The molecule has 3 N–H and O–H groups in total. The summed E-state index contributed by atoms with van der Waals surface area (Å²) in [6.07, 6.45) is 11.2. The van der Waals surface area contributed by atoms with Crippen LogP contribution in [0.4, 0.5) is 0 Å². The summed E-state index contributed by atoms with van der Waals surface area (Å²) in [7, 11) is 0. The van der Waals surface area contributed by atoms with Gasteiger partial charge >= 0.3 is 0 Å². The Hall–Kier alpha value is -0.610. The molecule has 3 unspecified atom stereocenters. The molecule has 21 heavy (non-hydrogen) atoms. The van der Waals surface area contributed by atoms with Crippen molar-refractivity contribution in [3.05, 3.63) is 0 Å². The summed E-state index contributed by atoms with van der Waals surface area (Å²) < 4.78 is 0. The van der Waals surface area contributed by atoms with Gasteiger partial charge in [0.15, 0.2) is 0 Å². The van der Waals surface area contributed by atoms with Crippen LogP contribution in [0.1, 0.15) is 64.2 Å². The summed E-state index contributed by atoms with van der Waals surface area (Å²) in [5, 5.41) is 16.3. The third-order valence-electron chi connectivity index (χ3n) is 5.85. The summed E-state index contributed by atoms with van der Waals surface area (Å²) >= 11 is 0. The molecule has 2 saturated carbocycles. The number of aliphatic hydroxyl groups excluding tert-OH is 1. The van der Waals surface area contributed by atoms with E-state index in [9.17, 15) is 9.90 Å². The lowest BCUT2D eigenvalue weighted by Gasteiger charge is -2.40. The van der Waals surface area contributed by atoms with Crippen LogP contribution in [-0.2, 0) is 4.79 Å². The average Bonchev–Trinajstić information content (AvgIpc) is 2.53. The predicted octanol–water partition coefficient (Wildman–Crippen LogP) is 1.96. The fourth-order valence-corrected chi connectivity index (χ4v) is 4.42. The monoisotopic (exact) mass is 294 g/mol. The van der Waals surface area contributed by atoms with Gasteiger partial charge < -0.3 is 15.7 Å². The fourth-order valence-electron chi connectivity index (χ4n) is 4.42. The van der Waals surface area contributed by atoms with Gasteiger partial charge in [-0.1, -0.05) is 12.8 Å². The van der Waals surface area contributed by atoms with Gasteiger partial charge in [0.25, 0.3) is 0 Å². The van der Waals surface area contributed by atoms with Gasteiger partial charge in [-0.2, -0.15) is 0 Å². The number of rotatable bonds is 3. The molecule has 3 fully saturated rings. The minimum atomic E-state index is -0.111. The molecule has 0 radical (unpaired) electrons. The third kappa shape index (κ3) is 3.98. The highest BCUT2D eigenvalue weighted by Gasteiger charge is 2.34. The smallest absolute Gasteiger partial charge is 0.237 e. The summed E-state index contributed by atoms with van der Waals surface area (Å²) in [5.41, 5.74) is 0. The highest BCUT2D eigenvalue weighted by Crippen LogP contribution is 2.32. The van der Waals surface area contributed by atoms with Gasteiger partial charge in [-0.15, -0.1) is 0 Å². The van der Waals surface area contributed by atoms with Gasteiger partial charge in [0.1, 0.15) is 0 Å². The maximum Gasteiger partial charge on any atom is 0.237 e. The Labute approximate surface area is 128 Å². The summed E-state index contributed by atoms with van der Waals surface area (Å²) in [6.45, 7) is 0.790. The second kappa shape index (κ2) is 7.10. The number of nitrogens with one attached hydrogen (secondary N) is 2. The van der Waals surface area contributed by atoms with Crippen molar-refractivity contribution in [1.29, 1.82) is 0 Å². The average molecular weight is 294 g/mol. The zero-order chi connectivity index (χ0) is 14.7. The van der Waals surface area contributed by atoms with Crippen molar-refractivity contribution in [3.63, 3.8) is 0 Å². The molecule has 4 nitrogen and oxygen atoms in total. The number of piperidine rings is 1. The number of aliphatic hydroxyl groups is 1. The van der Waals surface area contributed by atoms with Crippen LogP contribution in [-0.4, -0.2) is 35.7 Å². The van der Waals surface area contributed by atoms with E-state index in [2.05, 4.69) is 10.6 Å². The maximum absolute atomic E-state index is 12.4. The first-order valence-electron chi connectivity index (χ1n) is 8.94. The lowest BCUT2D eigenvalue weighted by Crippen LogP contribution is -2.55. The van der Waals surface area contributed by atoms with Gasteiger partial charge in [-0.3, -0.25) is 4.79 Å². The molecular formula is C17H30N2O2. The van der Waals surface area contributed by atoms with Crippen LogP contribution in [0.25, 0.3) is 0 Å².